The van der Waals surface area contributed by atoms with Crippen LogP contribution < -0.4 is 9.47 Å². The lowest BCUT2D eigenvalue weighted by Crippen LogP contribution is -2.20. The fraction of sp³-hybridized carbons (Fsp3) is 0.231. The minimum absolute atomic E-state index is 0.164. The molecule has 1 N–H and O–H groups in total. The van der Waals surface area contributed by atoms with Gasteiger partial charge in [0.05, 0.1) is 18.9 Å². The number of ether oxygens (including phenoxy) is 2. The number of aliphatic carboxylic acids is 1. The second kappa shape index (κ2) is 10.4. The molecule has 0 spiro atoms. The largest absolute Gasteiger partial charge is 0.496 e. The Morgan fingerprint density at radius 1 is 0.935 bits per heavy atom. The number of carbonyl (C=O) groups is 2. The number of para-hydroxylation sites is 1. The standard InChI is InChI=1S/C26H26O5/c1-18(26(28)29)15-23(22-13-6-7-14-24(22)30-2)25(27)20-11-8-12-21(16-20)31-17-19-9-4-3-5-10-19/h3-14,16,18,23H,15,17H2,1-2H3,(H,28,29). The van der Waals surface area contributed by atoms with Crippen molar-refractivity contribution in [2.45, 2.75) is 25.9 Å². The minimum Gasteiger partial charge on any atom is -0.496 e. The molecule has 5 heteroatoms. The Labute approximate surface area is 182 Å². The van der Waals surface area contributed by atoms with Crippen LogP contribution in [0.3, 0.4) is 0 Å². The van der Waals surface area contributed by atoms with Crippen LogP contribution in [0.25, 0.3) is 0 Å². The topological polar surface area (TPSA) is 72.8 Å². The second-order valence-corrected chi connectivity index (χ2v) is 7.44. The quantitative estimate of drug-likeness (QED) is 0.449. The predicted octanol–water partition coefficient (Wildman–Crippen LogP) is 5.35. The SMILES string of the molecule is COc1ccccc1C(CC(C)C(=O)O)C(=O)c1cccc(OCc2ccccc2)c1. The highest BCUT2D eigenvalue weighted by Gasteiger charge is 2.29. The molecule has 0 aromatic heterocycles. The predicted molar refractivity (Wildman–Crippen MR) is 119 cm³/mol. The van der Waals surface area contributed by atoms with Crippen LogP contribution in [-0.2, 0) is 11.4 Å². The molecule has 2 atom stereocenters. The number of carboxylic acids is 1. The van der Waals surface area contributed by atoms with E-state index in [2.05, 4.69) is 0 Å². The number of methoxy groups -OCH3 is 1. The van der Waals surface area contributed by atoms with Gasteiger partial charge in [0.2, 0.25) is 0 Å². The first-order valence-electron chi connectivity index (χ1n) is 10.2. The van der Waals surface area contributed by atoms with Crippen molar-refractivity contribution in [2.24, 2.45) is 5.92 Å². The summed E-state index contributed by atoms with van der Waals surface area (Å²) in [5.74, 6) is -1.28. The first-order chi connectivity index (χ1) is 15.0. The molecule has 0 aliphatic rings. The average molecular weight is 418 g/mol. The molecule has 0 aliphatic heterocycles. The fourth-order valence-electron chi connectivity index (χ4n) is 3.47. The van der Waals surface area contributed by atoms with Crippen molar-refractivity contribution in [3.05, 3.63) is 95.6 Å². The van der Waals surface area contributed by atoms with E-state index >= 15 is 0 Å². The van der Waals surface area contributed by atoms with E-state index in [1.54, 1.807) is 44.4 Å². The Hall–Kier alpha value is -3.60. The number of hydrogen-bond donors (Lipinski definition) is 1. The lowest BCUT2D eigenvalue weighted by atomic mass is 9.83. The third-order valence-corrected chi connectivity index (χ3v) is 5.21. The van der Waals surface area contributed by atoms with E-state index in [-0.39, 0.29) is 12.2 Å². The lowest BCUT2D eigenvalue weighted by Gasteiger charge is -2.21. The molecule has 31 heavy (non-hydrogen) atoms. The van der Waals surface area contributed by atoms with Crippen LogP contribution in [0.5, 0.6) is 11.5 Å². The van der Waals surface area contributed by atoms with Gasteiger partial charge in [-0.05, 0) is 30.2 Å². The second-order valence-electron chi connectivity index (χ2n) is 7.44. The van der Waals surface area contributed by atoms with E-state index in [4.69, 9.17) is 9.47 Å². The van der Waals surface area contributed by atoms with Gasteiger partial charge in [0.25, 0.3) is 0 Å². The van der Waals surface area contributed by atoms with Crippen LogP contribution in [-0.4, -0.2) is 24.0 Å². The fourth-order valence-corrected chi connectivity index (χ4v) is 3.47. The van der Waals surface area contributed by atoms with Crippen LogP contribution >= 0.6 is 0 Å². The van der Waals surface area contributed by atoms with E-state index in [1.165, 1.54) is 0 Å². The molecule has 0 bridgehead atoms. The van der Waals surface area contributed by atoms with Crippen molar-refractivity contribution in [1.29, 1.82) is 0 Å². The van der Waals surface area contributed by atoms with Crippen molar-refractivity contribution in [3.8, 4) is 11.5 Å². The maximum atomic E-state index is 13.5. The van der Waals surface area contributed by atoms with E-state index < -0.39 is 17.8 Å². The molecule has 0 saturated heterocycles. The van der Waals surface area contributed by atoms with E-state index in [9.17, 15) is 14.7 Å². The lowest BCUT2D eigenvalue weighted by molar-refractivity contribution is -0.141. The Balaban J connectivity index is 1.87. The molecular weight excluding hydrogens is 392 g/mol. The molecule has 160 valence electrons. The Morgan fingerprint density at radius 3 is 2.35 bits per heavy atom. The first-order valence-corrected chi connectivity index (χ1v) is 10.2. The Bertz CT molecular complexity index is 1030. The van der Waals surface area contributed by atoms with Crippen molar-refractivity contribution in [1.82, 2.24) is 0 Å². The highest BCUT2D eigenvalue weighted by molar-refractivity contribution is 6.01. The number of rotatable bonds is 10. The molecule has 2 unspecified atom stereocenters. The summed E-state index contributed by atoms with van der Waals surface area (Å²) < 4.78 is 11.3. The molecule has 0 fully saturated rings. The Morgan fingerprint density at radius 2 is 1.65 bits per heavy atom. The van der Waals surface area contributed by atoms with Gasteiger partial charge in [0.1, 0.15) is 18.1 Å². The van der Waals surface area contributed by atoms with Gasteiger partial charge in [-0.15, -0.1) is 0 Å². The molecule has 3 aromatic carbocycles. The number of hydrogen-bond acceptors (Lipinski definition) is 4. The summed E-state index contributed by atoms with van der Waals surface area (Å²) in [6.07, 6.45) is 0.170. The zero-order valence-electron chi connectivity index (χ0n) is 17.7. The van der Waals surface area contributed by atoms with Gasteiger partial charge in [-0.25, -0.2) is 0 Å². The summed E-state index contributed by atoms with van der Waals surface area (Å²) in [4.78, 5) is 25.0. The minimum atomic E-state index is -0.937. The summed E-state index contributed by atoms with van der Waals surface area (Å²) in [6.45, 7) is 2.00. The van der Waals surface area contributed by atoms with Gasteiger partial charge in [-0.3, -0.25) is 9.59 Å². The summed E-state index contributed by atoms with van der Waals surface area (Å²) >= 11 is 0. The van der Waals surface area contributed by atoms with Gasteiger partial charge < -0.3 is 14.6 Å². The van der Waals surface area contributed by atoms with Crippen LogP contribution in [0.1, 0.15) is 40.7 Å². The average Bonchev–Trinajstić information content (AvgIpc) is 2.81. The van der Waals surface area contributed by atoms with Crippen molar-refractivity contribution < 1.29 is 24.2 Å². The summed E-state index contributed by atoms with van der Waals surface area (Å²) in [7, 11) is 1.54. The summed E-state index contributed by atoms with van der Waals surface area (Å²) in [6, 6.07) is 24.0. The van der Waals surface area contributed by atoms with Crippen molar-refractivity contribution in [3.63, 3.8) is 0 Å². The third-order valence-electron chi connectivity index (χ3n) is 5.21. The smallest absolute Gasteiger partial charge is 0.306 e. The molecular formula is C26H26O5. The number of benzene rings is 3. The van der Waals surface area contributed by atoms with E-state index in [1.807, 2.05) is 48.5 Å². The van der Waals surface area contributed by atoms with Gasteiger partial charge >= 0.3 is 5.97 Å². The monoisotopic (exact) mass is 418 g/mol. The van der Waals surface area contributed by atoms with Crippen LogP contribution in [0.15, 0.2) is 78.9 Å². The van der Waals surface area contributed by atoms with Crippen molar-refractivity contribution in [2.75, 3.05) is 7.11 Å². The summed E-state index contributed by atoms with van der Waals surface area (Å²) in [5.41, 5.74) is 2.18. The van der Waals surface area contributed by atoms with E-state index in [0.717, 1.165) is 5.56 Å². The number of carbonyl (C=O) groups excluding carboxylic acids is 1. The molecule has 3 aromatic rings. The first kappa shape index (κ1) is 22.1. The molecule has 0 radical (unpaired) electrons. The van der Waals surface area contributed by atoms with Gasteiger partial charge in [0, 0.05) is 11.1 Å². The van der Waals surface area contributed by atoms with Crippen LogP contribution in [0.4, 0.5) is 0 Å². The number of ketones is 1. The Kier molecular flexibility index (Phi) is 7.44. The normalized spacial score (nSPS) is 12.6. The van der Waals surface area contributed by atoms with Gasteiger partial charge in [0.15, 0.2) is 5.78 Å². The number of carboxylic acid groups (broad SMARTS) is 1. The molecule has 0 amide bonds. The highest BCUT2D eigenvalue weighted by Crippen LogP contribution is 2.34. The maximum Gasteiger partial charge on any atom is 0.306 e. The number of Topliss-reactive ketones (excluding diaryl/α,β-unsaturated/α-hetero) is 1. The molecule has 0 heterocycles. The zero-order chi connectivity index (χ0) is 22.2. The highest BCUT2D eigenvalue weighted by atomic mass is 16.5. The van der Waals surface area contributed by atoms with Gasteiger partial charge in [-0.2, -0.15) is 0 Å². The van der Waals surface area contributed by atoms with E-state index in [0.29, 0.717) is 29.2 Å². The third kappa shape index (κ3) is 5.72. The molecule has 5 nitrogen and oxygen atoms in total. The van der Waals surface area contributed by atoms with Gasteiger partial charge in [-0.1, -0.05) is 67.6 Å². The molecule has 3 rings (SSSR count). The van der Waals surface area contributed by atoms with Crippen LogP contribution in [0.2, 0.25) is 0 Å². The zero-order valence-corrected chi connectivity index (χ0v) is 17.7. The molecule has 0 aliphatic carbocycles. The maximum absolute atomic E-state index is 13.5. The van der Waals surface area contributed by atoms with Crippen LogP contribution in [0, 0.1) is 5.92 Å². The molecule has 0 saturated carbocycles. The summed E-state index contributed by atoms with van der Waals surface area (Å²) in [5, 5.41) is 9.42. The van der Waals surface area contributed by atoms with Crippen molar-refractivity contribution >= 4 is 11.8 Å².